The minimum atomic E-state index is -0.649. The van der Waals surface area contributed by atoms with Crippen LogP contribution in [0.25, 0.3) is 0 Å². The number of amides is 1. The van der Waals surface area contributed by atoms with Crippen molar-refractivity contribution < 1.29 is 28.6 Å². The Morgan fingerprint density at radius 2 is 1.92 bits per heavy atom. The van der Waals surface area contributed by atoms with Crippen molar-refractivity contribution in [3.05, 3.63) is 41.1 Å². The summed E-state index contributed by atoms with van der Waals surface area (Å²) in [7, 11) is 2.47. The van der Waals surface area contributed by atoms with Gasteiger partial charge in [-0.3, -0.25) is 4.79 Å². The van der Waals surface area contributed by atoms with Crippen LogP contribution in [0.4, 0.5) is 5.69 Å². The minimum Gasteiger partial charge on any atom is -0.478 e. The van der Waals surface area contributed by atoms with Crippen molar-refractivity contribution in [2.75, 3.05) is 26.1 Å². The van der Waals surface area contributed by atoms with Gasteiger partial charge in [0.15, 0.2) is 5.69 Å². The van der Waals surface area contributed by atoms with Crippen LogP contribution in [0.5, 0.6) is 5.88 Å². The van der Waals surface area contributed by atoms with E-state index >= 15 is 0 Å². The van der Waals surface area contributed by atoms with E-state index in [0.29, 0.717) is 19.0 Å². The molecule has 0 spiro atoms. The molecular formula is C17H17N3O6. The lowest BCUT2D eigenvalue weighted by atomic mass is 10.1. The first-order valence-corrected chi connectivity index (χ1v) is 7.86. The Morgan fingerprint density at radius 1 is 1.15 bits per heavy atom. The number of rotatable bonds is 4. The number of aromatic nitrogens is 2. The van der Waals surface area contributed by atoms with Gasteiger partial charge in [0.2, 0.25) is 5.88 Å². The predicted octanol–water partition coefficient (Wildman–Crippen LogP) is 1.49. The molecule has 1 amide bonds. The number of hydrogen-bond acceptors (Lipinski definition) is 7. The number of ether oxygens (including phenoxy) is 3. The zero-order valence-corrected chi connectivity index (χ0v) is 14.3. The Balaban J connectivity index is 1.91. The molecule has 0 radical (unpaired) electrons. The number of aryl methyl sites for hydroxylation is 1. The average molecular weight is 359 g/mol. The summed E-state index contributed by atoms with van der Waals surface area (Å²) in [6.07, 6.45) is 0.809. The molecule has 9 nitrogen and oxygen atoms in total. The standard InChI is InChI=1S/C17H17N3O6/c1-24-16(22)10-4-5-11(17(23)25-2)12(8-10)18-15(21)13-9-14-20(19-13)6-3-7-26-14/h4-5,8-9H,3,6-7H2,1-2H3,(H,18,21). The van der Waals surface area contributed by atoms with Crippen molar-refractivity contribution in [1.82, 2.24) is 9.78 Å². The number of fused-ring (bicyclic) bond motifs is 1. The van der Waals surface area contributed by atoms with Gasteiger partial charge < -0.3 is 19.5 Å². The molecule has 0 saturated carbocycles. The summed E-state index contributed by atoms with van der Waals surface area (Å²) in [4.78, 5) is 36.2. The highest BCUT2D eigenvalue weighted by atomic mass is 16.5. The fraction of sp³-hybridized carbons (Fsp3) is 0.294. The van der Waals surface area contributed by atoms with Crippen molar-refractivity contribution in [2.24, 2.45) is 0 Å². The zero-order valence-electron chi connectivity index (χ0n) is 14.3. The highest BCUT2D eigenvalue weighted by molar-refractivity contribution is 6.08. The third-order valence-corrected chi connectivity index (χ3v) is 3.83. The molecule has 0 atom stereocenters. The maximum Gasteiger partial charge on any atom is 0.339 e. The third kappa shape index (κ3) is 3.37. The first-order valence-electron chi connectivity index (χ1n) is 7.86. The summed E-state index contributed by atoms with van der Waals surface area (Å²) in [5, 5.41) is 6.78. The molecule has 0 bridgehead atoms. The second-order valence-electron chi connectivity index (χ2n) is 5.49. The molecule has 2 heterocycles. The molecule has 26 heavy (non-hydrogen) atoms. The third-order valence-electron chi connectivity index (χ3n) is 3.83. The molecule has 0 saturated heterocycles. The lowest BCUT2D eigenvalue weighted by Crippen LogP contribution is -2.18. The van der Waals surface area contributed by atoms with E-state index in [-0.39, 0.29) is 22.5 Å². The second-order valence-corrected chi connectivity index (χ2v) is 5.49. The molecule has 1 N–H and O–H groups in total. The van der Waals surface area contributed by atoms with Crippen molar-refractivity contribution in [2.45, 2.75) is 13.0 Å². The van der Waals surface area contributed by atoms with Gasteiger partial charge >= 0.3 is 11.9 Å². The Bertz CT molecular complexity index is 850. The highest BCUT2D eigenvalue weighted by Crippen LogP contribution is 2.22. The molecule has 2 aromatic rings. The van der Waals surface area contributed by atoms with Crippen LogP contribution in [0.1, 0.15) is 37.6 Å². The maximum atomic E-state index is 12.5. The van der Waals surface area contributed by atoms with Gasteiger partial charge in [0, 0.05) is 19.0 Å². The van der Waals surface area contributed by atoms with E-state index in [1.54, 1.807) is 4.68 Å². The molecular weight excluding hydrogens is 342 g/mol. The smallest absolute Gasteiger partial charge is 0.339 e. The van der Waals surface area contributed by atoms with Crippen LogP contribution in [-0.4, -0.2) is 48.5 Å². The second kappa shape index (κ2) is 7.26. The average Bonchev–Trinajstić information content (AvgIpc) is 3.11. The van der Waals surface area contributed by atoms with E-state index in [9.17, 15) is 14.4 Å². The summed E-state index contributed by atoms with van der Waals surface area (Å²) in [6, 6.07) is 5.67. The first kappa shape index (κ1) is 17.5. The van der Waals surface area contributed by atoms with E-state index in [1.165, 1.54) is 38.5 Å². The normalized spacial score (nSPS) is 12.5. The molecule has 0 aliphatic carbocycles. The van der Waals surface area contributed by atoms with Crippen molar-refractivity contribution in [3.63, 3.8) is 0 Å². The van der Waals surface area contributed by atoms with E-state index in [2.05, 4.69) is 15.2 Å². The lowest BCUT2D eigenvalue weighted by molar-refractivity contribution is 0.0587. The maximum absolute atomic E-state index is 12.5. The van der Waals surface area contributed by atoms with E-state index in [1.807, 2.05) is 0 Å². The Kier molecular flexibility index (Phi) is 4.87. The SMILES string of the molecule is COC(=O)c1ccc(C(=O)OC)c(NC(=O)c2cc3n(n2)CCCO3)c1. The fourth-order valence-electron chi connectivity index (χ4n) is 2.54. The van der Waals surface area contributed by atoms with E-state index in [4.69, 9.17) is 9.47 Å². The van der Waals surface area contributed by atoms with Gasteiger partial charge in [-0.1, -0.05) is 0 Å². The van der Waals surface area contributed by atoms with Crippen LogP contribution in [0, 0.1) is 0 Å². The predicted molar refractivity (Wildman–Crippen MR) is 89.4 cm³/mol. The molecule has 9 heteroatoms. The number of anilines is 1. The van der Waals surface area contributed by atoms with Gasteiger partial charge in [-0.25, -0.2) is 14.3 Å². The number of carbonyl (C=O) groups is 3. The summed E-state index contributed by atoms with van der Waals surface area (Å²) < 4.78 is 16.4. The van der Waals surface area contributed by atoms with Gasteiger partial charge in [-0.15, -0.1) is 0 Å². The number of nitrogens with one attached hydrogen (secondary N) is 1. The Labute approximate surface area is 148 Å². The molecule has 1 aromatic heterocycles. The van der Waals surface area contributed by atoms with Gasteiger partial charge in [-0.05, 0) is 18.2 Å². The largest absolute Gasteiger partial charge is 0.478 e. The molecule has 136 valence electrons. The number of benzene rings is 1. The van der Waals surface area contributed by atoms with E-state index < -0.39 is 17.8 Å². The van der Waals surface area contributed by atoms with Crippen LogP contribution < -0.4 is 10.1 Å². The van der Waals surface area contributed by atoms with Gasteiger partial charge in [0.1, 0.15) is 0 Å². The van der Waals surface area contributed by atoms with Crippen LogP contribution in [-0.2, 0) is 16.0 Å². The molecule has 0 fully saturated rings. The van der Waals surface area contributed by atoms with Gasteiger partial charge in [0.05, 0.1) is 37.6 Å². The Morgan fingerprint density at radius 3 is 2.62 bits per heavy atom. The lowest BCUT2D eigenvalue weighted by Gasteiger charge is -2.13. The summed E-state index contributed by atoms with van der Waals surface area (Å²) in [6.45, 7) is 1.23. The van der Waals surface area contributed by atoms with Gasteiger partial charge in [-0.2, -0.15) is 5.10 Å². The number of nitrogens with zero attached hydrogens (tertiary/aromatic N) is 2. The summed E-state index contributed by atoms with van der Waals surface area (Å²) >= 11 is 0. The van der Waals surface area contributed by atoms with Crippen molar-refractivity contribution >= 4 is 23.5 Å². The molecule has 3 rings (SSSR count). The Hall–Kier alpha value is -3.36. The minimum absolute atomic E-state index is 0.105. The number of esters is 2. The van der Waals surface area contributed by atoms with Crippen LogP contribution in [0.2, 0.25) is 0 Å². The number of carbonyl (C=O) groups excluding carboxylic acids is 3. The number of methoxy groups -OCH3 is 2. The highest BCUT2D eigenvalue weighted by Gasteiger charge is 2.21. The van der Waals surface area contributed by atoms with Crippen molar-refractivity contribution in [3.8, 4) is 5.88 Å². The summed E-state index contributed by atoms with van der Waals surface area (Å²) in [5.41, 5.74) is 0.550. The van der Waals surface area contributed by atoms with Gasteiger partial charge in [0.25, 0.3) is 5.91 Å². The number of hydrogen-bond donors (Lipinski definition) is 1. The van der Waals surface area contributed by atoms with Crippen LogP contribution in [0.15, 0.2) is 24.3 Å². The molecule has 1 aliphatic rings. The monoisotopic (exact) mass is 359 g/mol. The summed E-state index contributed by atoms with van der Waals surface area (Å²) in [5.74, 6) is -1.27. The van der Waals surface area contributed by atoms with Crippen LogP contribution in [0.3, 0.4) is 0 Å². The quantitative estimate of drug-likeness (QED) is 0.824. The van der Waals surface area contributed by atoms with Crippen molar-refractivity contribution in [1.29, 1.82) is 0 Å². The molecule has 1 aromatic carbocycles. The zero-order chi connectivity index (χ0) is 18.7. The van der Waals surface area contributed by atoms with Crippen LogP contribution >= 0.6 is 0 Å². The topological polar surface area (TPSA) is 109 Å². The fourth-order valence-corrected chi connectivity index (χ4v) is 2.54. The molecule has 1 aliphatic heterocycles. The van der Waals surface area contributed by atoms with E-state index in [0.717, 1.165) is 6.42 Å². The molecule has 0 unspecified atom stereocenters. The first-order chi connectivity index (χ1) is 12.5.